The van der Waals surface area contributed by atoms with Crippen molar-refractivity contribution in [3.8, 4) is 0 Å². The number of ether oxygens (including phenoxy) is 1. The van der Waals surface area contributed by atoms with Crippen molar-refractivity contribution >= 4 is 17.0 Å². The molecular formula is C6H10O5S. The third-order valence-electron chi connectivity index (χ3n) is 0.951. The van der Waals surface area contributed by atoms with Crippen molar-refractivity contribution in [1.82, 2.24) is 0 Å². The van der Waals surface area contributed by atoms with Gasteiger partial charge in [-0.3, -0.25) is 0 Å². The Balaban J connectivity index is 3.98. The minimum absolute atomic E-state index is 0.267. The second kappa shape index (κ2) is 5.73. The number of hydrogen-bond donors (Lipinski definition) is 1. The molecule has 12 heavy (non-hydrogen) atoms. The molecule has 70 valence electrons. The van der Waals surface area contributed by atoms with Crippen LogP contribution in [-0.4, -0.2) is 20.7 Å². The lowest BCUT2D eigenvalue weighted by Gasteiger charge is -2.10. The van der Waals surface area contributed by atoms with Crippen LogP contribution in [-0.2, 0) is 24.7 Å². The molecule has 1 unspecified atom stereocenters. The first-order chi connectivity index (χ1) is 5.60. The van der Waals surface area contributed by atoms with Crippen LogP contribution in [0.5, 0.6) is 0 Å². The van der Waals surface area contributed by atoms with Crippen LogP contribution in [0.1, 0.15) is 13.3 Å². The van der Waals surface area contributed by atoms with Crippen LogP contribution in [0, 0.1) is 0 Å². The smallest absolute Gasteiger partial charge is 0.332 e. The highest BCUT2D eigenvalue weighted by atomic mass is 32.2. The van der Waals surface area contributed by atoms with Gasteiger partial charge in [0.05, 0.1) is 0 Å². The number of hydrogen-bond acceptors (Lipinski definition) is 5. The van der Waals surface area contributed by atoms with Gasteiger partial charge in [-0.05, 0) is 0 Å². The Morgan fingerprint density at radius 1 is 1.67 bits per heavy atom. The van der Waals surface area contributed by atoms with Gasteiger partial charge in [-0.1, -0.05) is 13.5 Å². The van der Waals surface area contributed by atoms with E-state index in [1.54, 1.807) is 6.92 Å². The zero-order valence-corrected chi connectivity index (χ0v) is 7.45. The predicted molar refractivity (Wildman–Crippen MR) is 41.8 cm³/mol. The lowest BCUT2D eigenvalue weighted by atomic mass is 10.5. The summed E-state index contributed by atoms with van der Waals surface area (Å²) in [5.41, 5.74) is 0. The Labute approximate surface area is 72.1 Å². The molecular weight excluding hydrogens is 184 g/mol. The number of rotatable bonds is 5. The summed E-state index contributed by atoms with van der Waals surface area (Å²) in [6.07, 6.45) is 0.156. The largest absolute Gasteiger partial charge is 0.431 e. The average Bonchev–Trinajstić information content (AvgIpc) is 2.02. The van der Waals surface area contributed by atoms with Crippen molar-refractivity contribution in [3.05, 3.63) is 12.7 Å². The molecule has 0 spiro atoms. The molecule has 0 aromatic carbocycles. The van der Waals surface area contributed by atoms with E-state index in [9.17, 15) is 13.2 Å². The highest BCUT2D eigenvalue weighted by Gasteiger charge is 2.10. The average molecular weight is 194 g/mol. The molecule has 0 aliphatic carbocycles. The maximum Gasteiger partial charge on any atom is 0.332 e. The predicted octanol–water partition coefficient (Wildman–Crippen LogP) is -0.00530. The van der Waals surface area contributed by atoms with Gasteiger partial charge < -0.3 is 4.74 Å². The summed E-state index contributed by atoms with van der Waals surface area (Å²) < 4.78 is 28.8. The standard InChI is InChI=1S/C6H10O5S/c1-3-5(7)10-6(4-2)11-12(8)9/h3,6,12H,1,4H2,2H3. The molecule has 0 N–H and O–H groups in total. The summed E-state index contributed by atoms with van der Waals surface area (Å²) in [5.74, 6) is -0.710. The van der Waals surface area contributed by atoms with Crippen LogP contribution in [0.2, 0.25) is 0 Å². The molecule has 0 aliphatic rings. The first-order valence-corrected chi connectivity index (χ1v) is 4.34. The Hall–Kier alpha value is -0.880. The van der Waals surface area contributed by atoms with Crippen molar-refractivity contribution < 1.29 is 22.1 Å². The number of thiol groups is 1. The normalized spacial score (nSPS) is 12.5. The van der Waals surface area contributed by atoms with Gasteiger partial charge in [-0.2, -0.15) is 0 Å². The summed E-state index contributed by atoms with van der Waals surface area (Å²) in [4.78, 5) is 10.5. The SMILES string of the molecule is C=CC(=O)OC(CC)O[SH](=O)=O. The van der Waals surface area contributed by atoms with Crippen LogP contribution in [0.25, 0.3) is 0 Å². The van der Waals surface area contributed by atoms with E-state index in [4.69, 9.17) is 0 Å². The Morgan fingerprint density at radius 3 is 2.58 bits per heavy atom. The molecule has 5 nitrogen and oxygen atoms in total. The summed E-state index contributed by atoms with van der Waals surface area (Å²) >= 11 is 0. The summed E-state index contributed by atoms with van der Waals surface area (Å²) in [6.45, 7) is 4.77. The highest BCUT2D eigenvalue weighted by Crippen LogP contribution is 2.00. The van der Waals surface area contributed by atoms with Crippen LogP contribution in [0.15, 0.2) is 12.7 Å². The lowest BCUT2D eigenvalue weighted by molar-refractivity contribution is -0.156. The van der Waals surface area contributed by atoms with E-state index in [0.717, 1.165) is 6.08 Å². The Kier molecular flexibility index (Phi) is 5.31. The Morgan fingerprint density at radius 2 is 2.25 bits per heavy atom. The van der Waals surface area contributed by atoms with Crippen molar-refractivity contribution in [2.45, 2.75) is 19.6 Å². The molecule has 0 aromatic heterocycles. The first-order valence-electron chi connectivity index (χ1n) is 3.24. The van der Waals surface area contributed by atoms with E-state index >= 15 is 0 Å². The molecule has 1 atom stereocenters. The summed E-state index contributed by atoms with van der Waals surface area (Å²) in [6, 6.07) is 0. The molecule has 0 heterocycles. The molecule has 0 aromatic rings. The van der Waals surface area contributed by atoms with Crippen molar-refractivity contribution in [3.63, 3.8) is 0 Å². The van der Waals surface area contributed by atoms with E-state index in [1.807, 2.05) is 0 Å². The van der Waals surface area contributed by atoms with Gasteiger partial charge in [0.1, 0.15) is 0 Å². The van der Waals surface area contributed by atoms with Crippen LogP contribution in [0.4, 0.5) is 0 Å². The number of esters is 1. The third-order valence-corrected chi connectivity index (χ3v) is 1.36. The van der Waals surface area contributed by atoms with Gasteiger partial charge in [0.15, 0.2) is 0 Å². The lowest BCUT2D eigenvalue weighted by Crippen LogP contribution is -2.18. The highest BCUT2D eigenvalue weighted by molar-refractivity contribution is 7.67. The molecule has 0 radical (unpaired) electrons. The summed E-state index contributed by atoms with van der Waals surface area (Å²) in [5, 5.41) is 0. The van der Waals surface area contributed by atoms with Crippen LogP contribution in [0.3, 0.4) is 0 Å². The topological polar surface area (TPSA) is 69.7 Å². The second-order valence-corrected chi connectivity index (χ2v) is 2.47. The first kappa shape index (κ1) is 11.1. The maximum absolute atomic E-state index is 10.5. The van der Waals surface area contributed by atoms with Crippen molar-refractivity contribution in [2.75, 3.05) is 0 Å². The van der Waals surface area contributed by atoms with E-state index in [1.165, 1.54) is 0 Å². The molecule has 6 heteroatoms. The third kappa shape index (κ3) is 4.86. The molecule has 0 bridgehead atoms. The molecule has 0 rings (SSSR count). The van der Waals surface area contributed by atoms with Gasteiger partial charge in [0.25, 0.3) is 11.0 Å². The zero-order valence-electron chi connectivity index (χ0n) is 6.56. The van der Waals surface area contributed by atoms with Crippen molar-refractivity contribution in [2.24, 2.45) is 0 Å². The minimum Gasteiger partial charge on any atom is -0.431 e. The molecule has 0 fully saturated rings. The number of carbonyl (C=O) groups excluding carboxylic acids is 1. The second-order valence-electron chi connectivity index (χ2n) is 1.81. The van der Waals surface area contributed by atoms with Gasteiger partial charge in [0.2, 0.25) is 6.29 Å². The van der Waals surface area contributed by atoms with Crippen molar-refractivity contribution in [1.29, 1.82) is 0 Å². The number of carbonyl (C=O) groups is 1. The zero-order chi connectivity index (χ0) is 9.56. The molecule has 0 aliphatic heterocycles. The fraction of sp³-hybridized carbons (Fsp3) is 0.500. The summed E-state index contributed by atoms with van der Waals surface area (Å²) in [7, 11) is -2.99. The fourth-order valence-corrected chi connectivity index (χ4v) is 0.837. The van der Waals surface area contributed by atoms with Gasteiger partial charge >= 0.3 is 5.97 Å². The van der Waals surface area contributed by atoms with E-state index in [2.05, 4.69) is 15.5 Å². The fourth-order valence-electron chi connectivity index (χ4n) is 0.453. The van der Waals surface area contributed by atoms with Gasteiger partial charge in [-0.25, -0.2) is 17.4 Å². The molecule has 0 saturated carbocycles. The Bertz CT molecular complexity index is 224. The monoisotopic (exact) mass is 194 g/mol. The van der Waals surface area contributed by atoms with E-state index in [0.29, 0.717) is 0 Å². The minimum atomic E-state index is -2.99. The van der Waals surface area contributed by atoms with Gasteiger partial charge in [0, 0.05) is 12.5 Å². The quantitative estimate of drug-likeness (QED) is 0.288. The van der Waals surface area contributed by atoms with Gasteiger partial charge in [-0.15, -0.1) is 0 Å². The van der Waals surface area contributed by atoms with Crippen LogP contribution >= 0.6 is 0 Å². The maximum atomic E-state index is 10.5. The van der Waals surface area contributed by atoms with E-state index < -0.39 is 23.2 Å². The molecule has 0 saturated heterocycles. The van der Waals surface area contributed by atoms with Crippen LogP contribution < -0.4 is 0 Å². The molecule has 0 amide bonds. The van der Waals surface area contributed by atoms with E-state index in [-0.39, 0.29) is 6.42 Å².